The van der Waals surface area contributed by atoms with E-state index in [0.29, 0.717) is 23.9 Å². The van der Waals surface area contributed by atoms with Crippen molar-refractivity contribution in [1.29, 1.82) is 0 Å². The normalized spacial score (nSPS) is 32.6. The molecule has 0 aromatic carbocycles. The van der Waals surface area contributed by atoms with E-state index in [2.05, 4.69) is 33.4 Å². The van der Waals surface area contributed by atoms with E-state index in [1.54, 1.807) is 0 Å². The van der Waals surface area contributed by atoms with E-state index in [0.717, 1.165) is 39.3 Å². The molecule has 0 aromatic heterocycles. The Balaban J connectivity index is 1.88. The molecule has 2 saturated heterocycles. The summed E-state index contributed by atoms with van der Waals surface area (Å²) in [5.74, 6) is 1.91. The van der Waals surface area contributed by atoms with Gasteiger partial charge in [0, 0.05) is 13.2 Å². The van der Waals surface area contributed by atoms with E-state index in [-0.39, 0.29) is 5.60 Å². The van der Waals surface area contributed by atoms with Crippen LogP contribution in [-0.2, 0) is 14.2 Å². The number of hydrogen-bond acceptors (Lipinski definition) is 3. The molecule has 2 heterocycles. The molecular formula is C18H32O3. The van der Waals surface area contributed by atoms with Crippen molar-refractivity contribution < 1.29 is 14.2 Å². The van der Waals surface area contributed by atoms with Gasteiger partial charge in [0.05, 0.1) is 19.3 Å². The van der Waals surface area contributed by atoms with Crippen molar-refractivity contribution in [3.63, 3.8) is 0 Å². The average molecular weight is 296 g/mol. The Morgan fingerprint density at radius 2 is 2.10 bits per heavy atom. The summed E-state index contributed by atoms with van der Waals surface area (Å²) in [5, 5.41) is 0. The van der Waals surface area contributed by atoms with Crippen LogP contribution >= 0.6 is 0 Å². The maximum absolute atomic E-state index is 5.79. The molecule has 2 rings (SSSR count). The van der Waals surface area contributed by atoms with Crippen LogP contribution in [0.3, 0.4) is 0 Å². The Hall–Kier alpha value is -0.380. The first-order chi connectivity index (χ1) is 10.1. The van der Waals surface area contributed by atoms with Gasteiger partial charge in [-0.3, -0.25) is 0 Å². The van der Waals surface area contributed by atoms with Crippen molar-refractivity contribution >= 4 is 0 Å². The van der Waals surface area contributed by atoms with Gasteiger partial charge in [-0.05, 0) is 57.3 Å². The van der Waals surface area contributed by atoms with Gasteiger partial charge in [0.2, 0.25) is 0 Å². The molecular weight excluding hydrogens is 264 g/mol. The number of epoxide rings is 1. The molecule has 0 amide bonds. The van der Waals surface area contributed by atoms with Gasteiger partial charge in [0.25, 0.3) is 0 Å². The number of hydrogen-bond donors (Lipinski definition) is 0. The molecule has 3 nitrogen and oxygen atoms in total. The number of ether oxygens (including phenoxy) is 3. The Kier molecular flexibility index (Phi) is 6.27. The monoisotopic (exact) mass is 296 g/mol. The van der Waals surface area contributed by atoms with E-state index in [1.165, 1.54) is 12.8 Å². The van der Waals surface area contributed by atoms with E-state index in [9.17, 15) is 0 Å². The quantitative estimate of drug-likeness (QED) is 0.478. The SMILES string of the molecule is C=CC[C@H](CC[C@H](C)[C@H](C)OCC)C1CCOC[C@@]12CO2. The molecule has 2 fully saturated rings. The second-order valence-electron chi connectivity index (χ2n) is 6.80. The zero-order chi connectivity index (χ0) is 15.3. The van der Waals surface area contributed by atoms with E-state index >= 15 is 0 Å². The largest absolute Gasteiger partial charge is 0.379 e. The zero-order valence-electron chi connectivity index (χ0n) is 14.0. The van der Waals surface area contributed by atoms with Crippen LogP contribution in [0.1, 0.15) is 46.5 Å². The molecule has 0 radical (unpaired) electrons. The highest BCUT2D eigenvalue weighted by Gasteiger charge is 2.55. The molecule has 1 unspecified atom stereocenters. The van der Waals surface area contributed by atoms with Gasteiger partial charge in [-0.1, -0.05) is 13.0 Å². The predicted octanol–water partition coefficient (Wildman–Crippen LogP) is 3.83. The molecule has 122 valence electrons. The van der Waals surface area contributed by atoms with Crippen LogP contribution in [0.15, 0.2) is 12.7 Å². The summed E-state index contributed by atoms with van der Waals surface area (Å²) in [6, 6.07) is 0. The molecule has 0 N–H and O–H groups in total. The average Bonchev–Trinajstić information content (AvgIpc) is 3.24. The molecule has 2 aliphatic rings. The Morgan fingerprint density at radius 1 is 1.33 bits per heavy atom. The van der Waals surface area contributed by atoms with Gasteiger partial charge in [0.15, 0.2) is 0 Å². The summed E-state index contributed by atoms with van der Waals surface area (Å²) in [6.07, 6.45) is 7.10. The summed E-state index contributed by atoms with van der Waals surface area (Å²) < 4.78 is 17.1. The van der Waals surface area contributed by atoms with Gasteiger partial charge in [-0.15, -0.1) is 6.58 Å². The van der Waals surface area contributed by atoms with E-state index in [4.69, 9.17) is 14.2 Å². The van der Waals surface area contributed by atoms with Crippen LogP contribution in [-0.4, -0.2) is 38.1 Å². The third-order valence-corrected chi connectivity index (χ3v) is 5.37. The number of rotatable bonds is 9. The zero-order valence-corrected chi connectivity index (χ0v) is 14.0. The van der Waals surface area contributed by atoms with E-state index in [1.807, 2.05) is 0 Å². The first-order valence-corrected chi connectivity index (χ1v) is 8.57. The Bertz CT molecular complexity index is 324. The van der Waals surface area contributed by atoms with Crippen molar-refractivity contribution in [2.75, 3.05) is 26.4 Å². The van der Waals surface area contributed by atoms with Crippen molar-refractivity contribution in [2.45, 2.75) is 58.2 Å². The standard InChI is InChI=1S/C18H32O3/c1-5-7-16(9-8-14(3)15(4)20-6-2)17-10-11-19-12-18(17)13-21-18/h5,14-17H,1,6-13H2,2-4H3/t14-,15-,16+,17?,18+/m0/s1. The van der Waals surface area contributed by atoms with E-state index < -0.39 is 0 Å². The Labute approximate surface area is 130 Å². The molecule has 0 aromatic rings. The Morgan fingerprint density at radius 3 is 2.71 bits per heavy atom. The minimum absolute atomic E-state index is 0.0424. The maximum atomic E-state index is 5.79. The highest BCUT2D eigenvalue weighted by molar-refractivity contribution is 5.03. The van der Waals surface area contributed by atoms with Gasteiger partial charge in [-0.2, -0.15) is 0 Å². The van der Waals surface area contributed by atoms with Crippen LogP contribution in [0.5, 0.6) is 0 Å². The second kappa shape index (κ2) is 7.75. The minimum atomic E-state index is 0.0424. The predicted molar refractivity (Wildman–Crippen MR) is 85.4 cm³/mol. The summed E-state index contributed by atoms with van der Waals surface area (Å²) in [7, 11) is 0. The lowest BCUT2D eigenvalue weighted by atomic mass is 9.74. The topological polar surface area (TPSA) is 31.0 Å². The molecule has 0 bridgehead atoms. The van der Waals surface area contributed by atoms with Crippen LogP contribution in [0.2, 0.25) is 0 Å². The molecule has 5 atom stereocenters. The van der Waals surface area contributed by atoms with Crippen LogP contribution in [0.25, 0.3) is 0 Å². The third-order valence-electron chi connectivity index (χ3n) is 5.37. The highest BCUT2D eigenvalue weighted by Crippen LogP contribution is 2.46. The fourth-order valence-electron chi connectivity index (χ4n) is 3.72. The fraction of sp³-hybridized carbons (Fsp3) is 0.889. The van der Waals surface area contributed by atoms with Crippen molar-refractivity contribution in [3.05, 3.63) is 12.7 Å². The molecule has 21 heavy (non-hydrogen) atoms. The molecule has 1 spiro atoms. The lowest BCUT2D eigenvalue weighted by Gasteiger charge is -2.35. The summed E-state index contributed by atoms with van der Waals surface area (Å²) in [4.78, 5) is 0. The smallest absolute Gasteiger partial charge is 0.118 e. The fourth-order valence-corrected chi connectivity index (χ4v) is 3.72. The van der Waals surface area contributed by atoms with Gasteiger partial charge >= 0.3 is 0 Å². The van der Waals surface area contributed by atoms with Crippen molar-refractivity contribution in [1.82, 2.24) is 0 Å². The third kappa shape index (κ3) is 4.30. The summed E-state index contributed by atoms with van der Waals surface area (Å²) in [6.45, 7) is 13.9. The summed E-state index contributed by atoms with van der Waals surface area (Å²) >= 11 is 0. The van der Waals surface area contributed by atoms with Gasteiger partial charge in [-0.25, -0.2) is 0 Å². The second-order valence-corrected chi connectivity index (χ2v) is 6.80. The molecule has 2 aliphatic heterocycles. The first kappa shape index (κ1) is 17.0. The lowest BCUT2D eigenvalue weighted by molar-refractivity contribution is -0.0280. The first-order valence-electron chi connectivity index (χ1n) is 8.57. The van der Waals surface area contributed by atoms with Crippen molar-refractivity contribution in [2.24, 2.45) is 17.8 Å². The maximum Gasteiger partial charge on any atom is 0.118 e. The van der Waals surface area contributed by atoms with Gasteiger partial charge < -0.3 is 14.2 Å². The lowest BCUT2D eigenvalue weighted by Crippen LogP contribution is -2.40. The van der Waals surface area contributed by atoms with Crippen LogP contribution in [0.4, 0.5) is 0 Å². The molecule has 0 saturated carbocycles. The van der Waals surface area contributed by atoms with Gasteiger partial charge in [0.1, 0.15) is 5.60 Å². The number of allylic oxidation sites excluding steroid dienone is 1. The van der Waals surface area contributed by atoms with Crippen LogP contribution < -0.4 is 0 Å². The van der Waals surface area contributed by atoms with Crippen LogP contribution in [0, 0.1) is 17.8 Å². The molecule has 3 heteroatoms. The summed E-state index contributed by atoms with van der Waals surface area (Å²) in [5.41, 5.74) is 0.0424. The molecule has 0 aliphatic carbocycles. The van der Waals surface area contributed by atoms with Crippen molar-refractivity contribution in [3.8, 4) is 0 Å². The minimum Gasteiger partial charge on any atom is -0.379 e. The highest BCUT2D eigenvalue weighted by atomic mass is 16.6.